The van der Waals surface area contributed by atoms with Crippen LogP contribution in [0.1, 0.15) is 156 Å². The molecule has 0 aliphatic heterocycles. The van der Waals surface area contributed by atoms with E-state index in [9.17, 15) is 14.7 Å². The Morgan fingerprint density at radius 2 is 1.00 bits per heavy atom. The molecular weight excluding hydrogens is 588 g/mol. The molecule has 0 aromatic rings. The number of hydrogen-bond donors (Lipinski definition) is 1. The Kier molecular flexibility index (Phi) is 20.4. The average Bonchev–Trinajstić information content (AvgIpc) is 2.91. The van der Waals surface area contributed by atoms with Gasteiger partial charge in [-0.05, 0) is 109 Å². The van der Waals surface area contributed by atoms with Crippen LogP contribution in [-0.2, 0) is 53.4 Å². The van der Waals surface area contributed by atoms with Gasteiger partial charge in [0.1, 0.15) is 6.42 Å². The molecule has 0 saturated heterocycles. The second kappa shape index (κ2) is 20.1. The van der Waals surface area contributed by atoms with E-state index in [0.29, 0.717) is 6.42 Å². The molecule has 0 amide bonds. The highest BCUT2D eigenvalue weighted by molar-refractivity contribution is 5.70. The molecule has 1 N–H and O–H groups in total. The molecule has 45 heavy (non-hydrogen) atoms. The van der Waals surface area contributed by atoms with E-state index < -0.39 is 51.8 Å². The highest BCUT2D eigenvalue weighted by Crippen LogP contribution is 2.30. The number of unbranched alkanes of at least 4 members (excludes halogenated alkanes) is 1. The van der Waals surface area contributed by atoms with E-state index >= 15 is 0 Å². The molecule has 1 atom stereocenters. The molecule has 12 nitrogen and oxygen atoms in total. The lowest BCUT2D eigenvalue weighted by Crippen LogP contribution is -2.41. The lowest BCUT2D eigenvalue weighted by Gasteiger charge is -2.34. The van der Waals surface area contributed by atoms with Gasteiger partial charge >= 0.3 is 11.9 Å². The molecule has 270 valence electrons. The van der Waals surface area contributed by atoms with Crippen LogP contribution in [0.4, 0.5) is 0 Å². The first-order chi connectivity index (χ1) is 20.3. The van der Waals surface area contributed by atoms with Crippen molar-refractivity contribution in [2.45, 2.75) is 190 Å². The van der Waals surface area contributed by atoms with E-state index in [0.717, 1.165) is 25.7 Å². The number of carboxylic acid groups (broad SMARTS) is 1. The van der Waals surface area contributed by atoms with Crippen molar-refractivity contribution in [3.05, 3.63) is 0 Å². The number of hydrogen-bond acceptors (Lipinski definition) is 11. The van der Waals surface area contributed by atoms with Gasteiger partial charge in [-0.15, -0.1) is 0 Å². The second-order valence-corrected chi connectivity index (χ2v) is 14.7. The number of esters is 1. The summed E-state index contributed by atoms with van der Waals surface area (Å²) in [6.07, 6.45) is 3.79. The molecule has 0 aromatic heterocycles. The predicted octanol–water partition coefficient (Wildman–Crippen LogP) is 8.41. The standard InChI is InChI=1S/C17H34O6.C16H32O6/c1-9-10-11-13(14(18)19)12-17(8,22-20-15(2,3)4)23-21-16(5,6)7;1-9-14(4,5)19-21-16(8,12-13(17)18-11-3)22-20-15(6,7)10-2/h13H,9-12H2,1-8H3,(H,18,19);9-12H2,1-8H3. The summed E-state index contributed by atoms with van der Waals surface area (Å²) in [5.41, 5.74) is -2.10. The van der Waals surface area contributed by atoms with Crippen LogP contribution in [0.5, 0.6) is 0 Å². The number of rotatable bonds is 21. The maximum absolute atomic E-state index is 11.8. The Morgan fingerprint density at radius 1 is 0.600 bits per heavy atom. The third-order valence-corrected chi connectivity index (χ3v) is 6.17. The van der Waals surface area contributed by atoms with Crippen molar-refractivity contribution in [2.75, 3.05) is 6.61 Å². The molecule has 0 aliphatic rings. The third-order valence-electron chi connectivity index (χ3n) is 6.17. The molecule has 0 bridgehead atoms. The van der Waals surface area contributed by atoms with Crippen LogP contribution in [0, 0.1) is 5.92 Å². The fourth-order valence-electron chi connectivity index (χ4n) is 2.79. The number of ether oxygens (including phenoxy) is 1. The highest BCUT2D eigenvalue weighted by Gasteiger charge is 2.39. The van der Waals surface area contributed by atoms with Crippen molar-refractivity contribution >= 4 is 11.9 Å². The minimum Gasteiger partial charge on any atom is -0.481 e. The summed E-state index contributed by atoms with van der Waals surface area (Å²) in [6, 6.07) is 0. The van der Waals surface area contributed by atoms with E-state index in [1.54, 1.807) is 20.8 Å². The third kappa shape index (κ3) is 24.5. The fourth-order valence-corrected chi connectivity index (χ4v) is 2.79. The molecular formula is C33H66O12. The van der Waals surface area contributed by atoms with Gasteiger partial charge in [0.25, 0.3) is 0 Å². The Hall–Kier alpha value is -1.38. The summed E-state index contributed by atoms with van der Waals surface area (Å²) >= 11 is 0. The van der Waals surface area contributed by atoms with E-state index in [1.165, 1.54) is 0 Å². The van der Waals surface area contributed by atoms with Crippen molar-refractivity contribution in [2.24, 2.45) is 5.92 Å². The quantitative estimate of drug-likeness (QED) is 0.0550. The number of carbonyl (C=O) groups is 2. The molecule has 0 spiro atoms. The molecule has 1 unspecified atom stereocenters. The number of carbonyl (C=O) groups excluding carboxylic acids is 1. The zero-order valence-electron chi connectivity index (χ0n) is 31.2. The van der Waals surface area contributed by atoms with Gasteiger partial charge in [-0.3, -0.25) is 9.59 Å². The summed E-state index contributed by atoms with van der Waals surface area (Å²) in [4.78, 5) is 66.4. The number of carboxylic acids is 1. The van der Waals surface area contributed by atoms with E-state index in [4.69, 9.17) is 43.8 Å². The largest absolute Gasteiger partial charge is 0.481 e. The van der Waals surface area contributed by atoms with Gasteiger partial charge < -0.3 is 9.84 Å². The van der Waals surface area contributed by atoms with Crippen molar-refractivity contribution in [1.29, 1.82) is 0 Å². The summed E-state index contributed by atoms with van der Waals surface area (Å²) in [5, 5.41) is 9.43. The summed E-state index contributed by atoms with van der Waals surface area (Å²) in [5.74, 6) is -4.60. The first-order valence-corrected chi connectivity index (χ1v) is 16.1. The van der Waals surface area contributed by atoms with Crippen molar-refractivity contribution in [3.63, 3.8) is 0 Å². The molecule has 0 fully saturated rings. The molecule has 0 aromatic carbocycles. The van der Waals surface area contributed by atoms with Gasteiger partial charge in [-0.25, -0.2) is 19.6 Å². The fraction of sp³-hybridized carbons (Fsp3) is 0.939. The first-order valence-electron chi connectivity index (χ1n) is 16.1. The van der Waals surface area contributed by atoms with Crippen molar-refractivity contribution in [1.82, 2.24) is 0 Å². The summed E-state index contributed by atoms with van der Waals surface area (Å²) < 4.78 is 4.94. The summed E-state index contributed by atoms with van der Waals surface area (Å²) in [6.45, 7) is 29.8. The Bertz CT molecular complexity index is 789. The van der Waals surface area contributed by atoms with Crippen LogP contribution in [-0.4, -0.2) is 57.6 Å². The highest BCUT2D eigenvalue weighted by atomic mass is 17.3. The van der Waals surface area contributed by atoms with E-state index in [-0.39, 0.29) is 19.4 Å². The smallest absolute Gasteiger partial charge is 0.311 e. The SMILES string of the molecule is CCCCC(CC(C)(OOC(C)(C)C)OOC(C)(C)C)C(=O)O.CCOC(=O)CC(C)(OOC(C)(C)CC)OOC(C)(C)CC. The van der Waals surface area contributed by atoms with Crippen LogP contribution >= 0.6 is 0 Å². The monoisotopic (exact) mass is 654 g/mol. The first kappa shape index (κ1) is 45.7. The minimum atomic E-state index is -1.38. The molecule has 0 aliphatic carbocycles. The lowest BCUT2D eigenvalue weighted by molar-refractivity contribution is -0.538. The molecule has 12 heteroatoms. The van der Waals surface area contributed by atoms with Gasteiger partial charge in [0.2, 0.25) is 11.6 Å². The number of aliphatic carboxylic acids is 1. The van der Waals surface area contributed by atoms with Crippen LogP contribution in [0.25, 0.3) is 0 Å². The van der Waals surface area contributed by atoms with Crippen LogP contribution in [0.15, 0.2) is 0 Å². The Morgan fingerprint density at radius 3 is 1.31 bits per heavy atom. The maximum atomic E-state index is 11.8. The van der Waals surface area contributed by atoms with Crippen LogP contribution in [0.2, 0.25) is 0 Å². The maximum Gasteiger partial charge on any atom is 0.311 e. The van der Waals surface area contributed by atoms with Crippen LogP contribution < -0.4 is 0 Å². The topological polar surface area (TPSA) is 137 Å². The Labute approximate surface area is 272 Å². The molecule has 0 rings (SSSR count). The van der Waals surface area contributed by atoms with Gasteiger partial charge in [-0.1, -0.05) is 33.6 Å². The Balaban J connectivity index is 0. The van der Waals surface area contributed by atoms with Crippen molar-refractivity contribution in [3.8, 4) is 0 Å². The van der Waals surface area contributed by atoms with Gasteiger partial charge in [0.15, 0.2) is 0 Å². The molecule has 0 heterocycles. The zero-order valence-corrected chi connectivity index (χ0v) is 31.2. The molecule has 0 radical (unpaired) electrons. The lowest BCUT2D eigenvalue weighted by atomic mass is 9.94. The average molecular weight is 655 g/mol. The minimum absolute atomic E-state index is 0.133. The van der Waals surface area contributed by atoms with Crippen LogP contribution in [0.3, 0.4) is 0 Å². The second-order valence-electron chi connectivity index (χ2n) is 14.7. The zero-order chi connectivity index (χ0) is 35.8. The predicted molar refractivity (Wildman–Crippen MR) is 170 cm³/mol. The van der Waals surface area contributed by atoms with E-state index in [2.05, 4.69) is 0 Å². The van der Waals surface area contributed by atoms with Gasteiger partial charge in [-0.2, -0.15) is 19.6 Å². The van der Waals surface area contributed by atoms with E-state index in [1.807, 2.05) is 90.0 Å². The summed E-state index contributed by atoms with van der Waals surface area (Å²) in [7, 11) is 0. The van der Waals surface area contributed by atoms with Gasteiger partial charge in [0.05, 0.1) is 34.9 Å². The van der Waals surface area contributed by atoms with Gasteiger partial charge in [0, 0.05) is 6.42 Å². The van der Waals surface area contributed by atoms with Crippen molar-refractivity contribution < 1.29 is 58.5 Å². The molecule has 0 saturated carbocycles. The normalized spacial score (nSPS) is 14.0.